The minimum Gasteiger partial charge on any atom is -0.320 e. The van der Waals surface area contributed by atoms with E-state index in [4.69, 9.17) is 0 Å². The van der Waals surface area contributed by atoms with Crippen molar-refractivity contribution in [1.82, 2.24) is 14.8 Å². The largest absolute Gasteiger partial charge is 0.320 e. The first kappa shape index (κ1) is 14.5. The molecule has 0 aromatic carbocycles. The van der Waals surface area contributed by atoms with Crippen molar-refractivity contribution in [3.8, 4) is 6.07 Å². The van der Waals surface area contributed by atoms with Crippen LogP contribution in [0.25, 0.3) is 0 Å². The minimum absolute atomic E-state index is 0.0857. The van der Waals surface area contributed by atoms with Crippen molar-refractivity contribution in [2.24, 2.45) is 5.41 Å². The monoisotopic (exact) mass is 328 g/mol. The van der Waals surface area contributed by atoms with E-state index >= 15 is 0 Å². The molecule has 1 spiro atoms. The highest BCUT2D eigenvalue weighted by Gasteiger charge is 2.78. The molecular formula is C16H16N4O2S. The highest BCUT2D eigenvalue weighted by atomic mass is 32.2. The van der Waals surface area contributed by atoms with E-state index in [0.29, 0.717) is 6.42 Å². The van der Waals surface area contributed by atoms with Crippen LogP contribution in [0.2, 0.25) is 0 Å². The summed E-state index contributed by atoms with van der Waals surface area (Å²) in [7, 11) is 1.67. The first-order valence-electron chi connectivity index (χ1n) is 7.43. The summed E-state index contributed by atoms with van der Waals surface area (Å²) < 4.78 is 0. The van der Waals surface area contributed by atoms with Gasteiger partial charge in [0.25, 0.3) is 11.8 Å². The van der Waals surface area contributed by atoms with Gasteiger partial charge in [-0.25, -0.2) is 0 Å². The molecule has 4 heterocycles. The van der Waals surface area contributed by atoms with Crippen LogP contribution in [0.3, 0.4) is 0 Å². The molecule has 6 nitrogen and oxygen atoms in total. The smallest absolute Gasteiger partial charge is 0.261 e. The van der Waals surface area contributed by atoms with Crippen molar-refractivity contribution in [1.29, 1.82) is 5.26 Å². The Labute approximate surface area is 138 Å². The number of likely N-dealkylation sites (N-methyl/N-ethyl adjacent to an activating group) is 1. The van der Waals surface area contributed by atoms with E-state index in [-0.39, 0.29) is 11.8 Å². The third kappa shape index (κ3) is 1.43. The SMILES string of the molecule is CN1C(=O)[C@@]23C[C@](C)(C#N)C(c4cccnc4)N2C(=O)[C@]1(C)S3. The van der Waals surface area contributed by atoms with Gasteiger partial charge in [-0.15, -0.1) is 0 Å². The number of piperazine rings is 1. The Morgan fingerprint density at radius 1 is 1.39 bits per heavy atom. The topological polar surface area (TPSA) is 77.3 Å². The Balaban J connectivity index is 1.94. The molecule has 0 radical (unpaired) electrons. The number of hydrogen-bond donors (Lipinski definition) is 0. The fraction of sp³-hybridized carbons (Fsp3) is 0.500. The molecular weight excluding hydrogens is 312 g/mol. The lowest BCUT2D eigenvalue weighted by Gasteiger charge is -2.39. The van der Waals surface area contributed by atoms with E-state index < -0.39 is 21.2 Å². The van der Waals surface area contributed by atoms with Gasteiger partial charge in [0.15, 0.2) is 9.74 Å². The number of rotatable bonds is 1. The molecule has 1 unspecified atom stereocenters. The lowest BCUT2D eigenvalue weighted by atomic mass is 9.80. The minimum atomic E-state index is -0.967. The van der Waals surface area contributed by atoms with Gasteiger partial charge in [0.1, 0.15) is 0 Å². The molecule has 0 saturated carbocycles. The second-order valence-electron chi connectivity index (χ2n) is 6.80. The number of nitrogens with zero attached hydrogens (tertiary/aromatic N) is 4. The zero-order valence-corrected chi connectivity index (χ0v) is 13.9. The standard InChI is InChI=1S/C16H16N4O2S/c1-14(9-17)8-16-13(22)19(3)15(2,23-16)12(21)20(16)11(14)10-5-4-6-18-7-10/h4-7,11H,8H2,1-3H3/t11?,14-,15+,16+/m1/s1. The molecule has 3 fully saturated rings. The number of nitriles is 1. The van der Waals surface area contributed by atoms with Gasteiger partial charge < -0.3 is 9.80 Å². The first-order valence-corrected chi connectivity index (χ1v) is 8.25. The summed E-state index contributed by atoms with van der Waals surface area (Å²) in [6, 6.07) is 5.56. The second kappa shape index (κ2) is 4.06. The van der Waals surface area contributed by atoms with Crippen LogP contribution in [0.1, 0.15) is 31.9 Å². The maximum absolute atomic E-state index is 13.1. The Kier molecular flexibility index (Phi) is 2.56. The van der Waals surface area contributed by atoms with Gasteiger partial charge in [-0.05, 0) is 25.5 Å². The maximum Gasteiger partial charge on any atom is 0.261 e. The lowest BCUT2D eigenvalue weighted by Crippen LogP contribution is -2.60. The van der Waals surface area contributed by atoms with Crippen molar-refractivity contribution in [2.45, 2.75) is 36.1 Å². The van der Waals surface area contributed by atoms with Crippen LogP contribution in [-0.4, -0.2) is 43.4 Å². The number of fused-ring (bicyclic) bond motifs is 1. The number of pyridine rings is 1. The van der Waals surface area contributed by atoms with Crippen LogP contribution in [0.4, 0.5) is 0 Å². The van der Waals surface area contributed by atoms with Gasteiger partial charge in [0, 0.05) is 25.9 Å². The number of carbonyl (C=O) groups is 2. The molecule has 4 atom stereocenters. The third-order valence-electron chi connectivity index (χ3n) is 5.38. The summed E-state index contributed by atoms with van der Waals surface area (Å²) in [6.07, 6.45) is 3.68. The highest BCUT2D eigenvalue weighted by molar-refractivity contribution is 8.04. The zero-order valence-electron chi connectivity index (χ0n) is 13.1. The Hall–Kier alpha value is -2.07. The van der Waals surface area contributed by atoms with Crippen molar-refractivity contribution >= 4 is 23.6 Å². The molecule has 2 bridgehead atoms. The van der Waals surface area contributed by atoms with Gasteiger partial charge in [0.05, 0.1) is 17.5 Å². The van der Waals surface area contributed by atoms with Crippen LogP contribution in [0.15, 0.2) is 24.5 Å². The van der Waals surface area contributed by atoms with E-state index in [1.165, 1.54) is 16.7 Å². The van der Waals surface area contributed by atoms with Gasteiger partial charge in [-0.2, -0.15) is 5.26 Å². The summed E-state index contributed by atoms with van der Waals surface area (Å²) in [4.78, 5) is 31.4. The molecule has 1 aromatic rings. The molecule has 3 aliphatic rings. The van der Waals surface area contributed by atoms with Gasteiger partial charge in [0.2, 0.25) is 0 Å². The molecule has 0 N–H and O–H groups in total. The molecule has 3 aliphatic heterocycles. The van der Waals surface area contributed by atoms with E-state index in [0.717, 1.165) is 5.56 Å². The molecule has 0 aliphatic carbocycles. The van der Waals surface area contributed by atoms with Crippen molar-refractivity contribution < 1.29 is 9.59 Å². The molecule has 7 heteroatoms. The molecule has 2 amide bonds. The van der Waals surface area contributed by atoms with E-state index in [9.17, 15) is 14.9 Å². The first-order chi connectivity index (χ1) is 10.8. The van der Waals surface area contributed by atoms with Crippen LogP contribution in [0, 0.1) is 16.7 Å². The molecule has 3 saturated heterocycles. The Bertz CT molecular complexity index is 778. The number of thioether (sulfide) groups is 1. The van der Waals surface area contributed by atoms with Crippen molar-refractivity contribution in [3.05, 3.63) is 30.1 Å². The molecule has 4 rings (SSSR count). The van der Waals surface area contributed by atoms with Crippen molar-refractivity contribution in [2.75, 3.05) is 7.05 Å². The molecule has 23 heavy (non-hydrogen) atoms. The fourth-order valence-corrected chi connectivity index (χ4v) is 6.13. The van der Waals surface area contributed by atoms with Crippen LogP contribution in [0.5, 0.6) is 0 Å². The number of amides is 2. The van der Waals surface area contributed by atoms with Crippen LogP contribution in [-0.2, 0) is 9.59 Å². The highest BCUT2D eigenvalue weighted by Crippen LogP contribution is 2.69. The lowest BCUT2D eigenvalue weighted by molar-refractivity contribution is -0.159. The average Bonchev–Trinajstić information content (AvgIpc) is 3.01. The third-order valence-corrected chi connectivity index (χ3v) is 7.07. The van der Waals surface area contributed by atoms with Gasteiger partial charge >= 0.3 is 0 Å². The van der Waals surface area contributed by atoms with Crippen LogP contribution >= 0.6 is 11.8 Å². The number of hydrogen-bond acceptors (Lipinski definition) is 5. The summed E-state index contributed by atoms with van der Waals surface area (Å²) in [6.45, 7) is 3.61. The summed E-state index contributed by atoms with van der Waals surface area (Å²) in [5, 5.41) is 9.80. The predicted octanol–water partition coefficient (Wildman–Crippen LogP) is 1.52. The van der Waals surface area contributed by atoms with Gasteiger partial charge in [-0.1, -0.05) is 17.8 Å². The molecule has 118 valence electrons. The van der Waals surface area contributed by atoms with E-state index in [1.54, 1.807) is 37.3 Å². The van der Waals surface area contributed by atoms with Gasteiger partial charge in [-0.3, -0.25) is 14.6 Å². The summed E-state index contributed by atoms with van der Waals surface area (Å²) in [5.74, 6) is -0.185. The summed E-state index contributed by atoms with van der Waals surface area (Å²) >= 11 is 1.37. The molecule has 1 aromatic heterocycles. The Morgan fingerprint density at radius 3 is 2.74 bits per heavy atom. The second-order valence-corrected chi connectivity index (χ2v) is 8.48. The normalized spacial score (nSPS) is 41.4. The fourth-order valence-electron chi connectivity index (χ4n) is 4.18. The van der Waals surface area contributed by atoms with E-state index in [1.807, 2.05) is 13.0 Å². The maximum atomic E-state index is 13.1. The average molecular weight is 328 g/mol. The summed E-state index contributed by atoms with van der Waals surface area (Å²) in [5.41, 5.74) is -0.0256. The number of carbonyl (C=O) groups excluding carboxylic acids is 2. The van der Waals surface area contributed by atoms with Crippen LogP contribution < -0.4 is 0 Å². The predicted molar refractivity (Wildman–Crippen MR) is 83.7 cm³/mol. The van der Waals surface area contributed by atoms with E-state index in [2.05, 4.69) is 11.1 Å². The zero-order chi connectivity index (χ0) is 16.6. The Morgan fingerprint density at radius 2 is 2.13 bits per heavy atom. The quantitative estimate of drug-likeness (QED) is 0.781. The van der Waals surface area contributed by atoms with Crippen molar-refractivity contribution in [3.63, 3.8) is 0 Å². The number of aromatic nitrogens is 1.